The summed E-state index contributed by atoms with van der Waals surface area (Å²) in [5.74, 6) is 0.301. The first-order valence-electron chi connectivity index (χ1n) is 6.26. The lowest BCUT2D eigenvalue weighted by atomic mass is 9.92. The fraction of sp³-hybridized carbons (Fsp3) is 0.500. The fourth-order valence-electron chi connectivity index (χ4n) is 2.25. The Kier molecular flexibility index (Phi) is 3.79. The second-order valence-corrected chi connectivity index (χ2v) is 4.93. The van der Waals surface area contributed by atoms with E-state index in [1.54, 1.807) is 0 Å². The predicted molar refractivity (Wildman–Crippen MR) is 70.0 cm³/mol. The van der Waals surface area contributed by atoms with E-state index in [4.69, 9.17) is 0 Å². The summed E-state index contributed by atoms with van der Waals surface area (Å²) in [4.78, 5) is 12.1. The molecule has 1 aromatic carbocycles. The Hall–Kier alpha value is -1.35. The van der Waals surface area contributed by atoms with Gasteiger partial charge in [-0.05, 0) is 45.4 Å². The molecule has 0 bridgehead atoms. The molecule has 0 aliphatic carbocycles. The molecule has 1 saturated heterocycles. The summed E-state index contributed by atoms with van der Waals surface area (Å²) in [6, 6.07) is 8.38. The average Bonchev–Trinajstić information content (AvgIpc) is 2.32. The molecule has 1 fully saturated rings. The molecule has 2 atom stereocenters. The highest BCUT2D eigenvalue weighted by Gasteiger charge is 2.24. The van der Waals surface area contributed by atoms with Crippen molar-refractivity contribution in [1.29, 1.82) is 0 Å². The Balaban J connectivity index is 1.94. The van der Waals surface area contributed by atoms with Gasteiger partial charge in [-0.1, -0.05) is 17.7 Å². The van der Waals surface area contributed by atoms with Gasteiger partial charge in [0.15, 0.2) is 0 Å². The van der Waals surface area contributed by atoms with Crippen LogP contribution in [0.5, 0.6) is 0 Å². The molecule has 0 spiro atoms. The number of piperidine rings is 1. The van der Waals surface area contributed by atoms with Gasteiger partial charge in [-0.3, -0.25) is 4.79 Å². The van der Waals surface area contributed by atoms with Crippen molar-refractivity contribution in [3.8, 4) is 0 Å². The molecule has 2 rings (SSSR count). The van der Waals surface area contributed by atoms with Crippen LogP contribution in [0.1, 0.15) is 25.3 Å². The third kappa shape index (κ3) is 3.30. The molecule has 1 aromatic rings. The van der Waals surface area contributed by atoms with Crippen molar-refractivity contribution in [2.24, 2.45) is 5.92 Å². The van der Waals surface area contributed by atoms with Gasteiger partial charge in [-0.2, -0.15) is 0 Å². The number of rotatable bonds is 2. The number of benzene rings is 1. The minimum atomic E-state index is 0.146. The second kappa shape index (κ2) is 5.32. The minimum absolute atomic E-state index is 0.146. The van der Waals surface area contributed by atoms with E-state index >= 15 is 0 Å². The third-order valence-corrected chi connectivity index (χ3v) is 3.31. The van der Waals surface area contributed by atoms with Crippen LogP contribution in [0.15, 0.2) is 24.3 Å². The molecule has 92 valence electrons. The van der Waals surface area contributed by atoms with Gasteiger partial charge in [0.1, 0.15) is 0 Å². The number of nitrogens with one attached hydrogen (secondary N) is 2. The van der Waals surface area contributed by atoms with Crippen molar-refractivity contribution in [2.45, 2.75) is 32.7 Å². The molecule has 2 unspecified atom stereocenters. The summed E-state index contributed by atoms with van der Waals surface area (Å²) >= 11 is 0. The molecule has 1 aliphatic rings. The average molecular weight is 232 g/mol. The summed E-state index contributed by atoms with van der Waals surface area (Å²) in [6.07, 6.45) is 1.86. The Bertz CT molecular complexity index is 386. The monoisotopic (exact) mass is 232 g/mol. The molecule has 1 amide bonds. The van der Waals surface area contributed by atoms with E-state index in [1.807, 2.05) is 31.2 Å². The van der Waals surface area contributed by atoms with E-state index in [9.17, 15) is 4.79 Å². The zero-order chi connectivity index (χ0) is 12.3. The van der Waals surface area contributed by atoms with E-state index in [0.717, 1.165) is 25.1 Å². The van der Waals surface area contributed by atoms with E-state index < -0.39 is 0 Å². The van der Waals surface area contributed by atoms with E-state index in [-0.39, 0.29) is 11.8 Å². The van der Waals surface area contributed by atoms with Gasteiger partial charge in [-0.15, -0.1) is 0 Å². The number of hydrogen-bond donors (Lipinski definition) is 2. The van der Waals surface area contributed by atoms with Crippen LogP contribution < -0.4 is 10.6 Å². The first-order valence-corrected chi connectivity index (χ1v) is 6.26. The lowest BCUT2D eigenvalue weighted by Gasteiger charge is -2.27. The molecule has 0 aromatic heterocycles. The molecule has 1 heterocycles. The maximum atomic E-state index is 12.1. The highest BCUT2D eigenvalue weighted by atomic mass is 16.1. The van der Waals surface area contributed by atoms with Crippen molar-refractivity contribution in [2.75, 3.05) is 11.9 Å². The molecule has 0 saturated carbocycles. The Morgan fingerprint density at radius 2 is 2.06 bits per heavy atom. The molecule has 2 N–H and O–H groups in total. The molecular formula is C14H20N2O. The summed E-state index contributed by atoms with van der Waals surface area (Å²) < 4.78 is 0. The number of amides is 1. The van der Waals surface area contributed by atoms with Gasteiger partial charge in [0.25, 0.3) is 0 Å². The molecule has 17 heavy (non-hydrogen) atoms. The zero-order valence-corrected chi connectivity index (χ0v) is 10.5. The first-order chi connectivity index (χ1) is 8.15. The number of carbonyl (C=O) groups is 1. The predicted octanol–water partition coefficient (Wildman–Crippen LogP) is 2.32. The smallest absolute Gasteiger partial charge is 0.227 e. The lowest BCUT2D eigenvalue weighted by Crippen LogP contribution is -2.40. The lowest BCUT2D eigenvalue weighted by molar-refractivity contribution is -0.120. The van der Waals surface area contributed by atoms with Crippen LogP contribution >= 0.6 is 0 Å². The molecule has 3 nitrogen and oxygen atoms in total. The topological polar surface area (TPSA) is 41.1 Å². The Morgan fingerprint density at radius 1 is 1.35 bits per heavy atom. The van der Waals surface area contributed by atoms with Crippen LogP contribution in [0.3, 0.4) is 0 Å². The summed E-state index contributed by atoms with van der Waals surface area (Å²) in [7, 11) is 0. The van der Waals surface area contributed by atoms with Gasteiger partial charge >= 0.3 is 0 Å². The number of carbonyl (C=O) groups excluding carboxylic acids is 1. The number of hydrogen-bond acceptors (Lipinski definition) is 2. The first kappa shape index (κ1) is 12.1. The van der Waals surface area contributed by atoms with Gasteiger partial charge in [0, 0.05) is 17.6 Å². The van der Waals surface area contributed by atoms with Gasteiger partial charge in [0.05, 0.1) is 0 Å². The maximum absolute atomic E-state index is 12.1. The van der Waals surface area contributed by atoms with Crippen molar-refractivity contribution in [3.05, 3.63) is 29.8 Å². The van der Waals surface area contributed by atoms with Crippen LogP contribution in [0, 0.1) is 12.8 Å². The van der Waals surface area contributed by atoms with Crippen LogP contribution in [0.4, 0.5) is 5.69 Å². The fourth-order valence-corrected chi connectivity index (χ4v) is 2.25. The largest absolute Gasteiger partial charge is 0.326 e. The van der Waals surface area contributed by atoms with Crippen molar-refractivity contribution in [3.63, 3.8) is 0 Å². The number of anilines is 1. The van der Waals surface area contributed by atoms with Gasteiger partial charge in [-0.25, -0.2) is 0 Å². The van der Waals surface area contributed by atoms with E-state index in [1.165, 1.54) is 5.56 Å². The van der Waals surface area contributed by atoms with Crippen LogP contribution in [0.25, 0.3) is 0 Å². The molecule has 3 heteroatoms. The van der Waals surface area contributed by atoms with Crippen LogP contribution in [-0.2, 0) is 4.79 Å². The molecule has 0 radical (unpaired) electrons. The van der Waals surface area contributed by atoms with Crippen molar-refractivity contribution < 1.29 is 4.79 Å². The summed E-state index contributed by atoms with van der Waals surface area (Å²) in [5.41, 5.74) is 2.10. The van der Waals surface area contributed by atoms with E-state index in [0.29, 0.717) is 6.04 Å². The highest BCUT2D eigenvalue weighted by molar-refractivity contribution is 5.92. The highest BCUT2D eigenvalue weighted by Crippen LogP contribution is 2.18. The summed E-state index contributed by atoms with van der Waals surface area (Å²) in [6.45, 7) is 5.11. The standard InChI is InChI=1S/C14H20N2O/c1-10-3-5-13(6-4-10)16-14(17)12-7-8-15-11(2)9-12/h3-6,11-12,15H,7-9H2,1-2H3,(H,16,17). The molecular weight excluding hydrogens is 212 g/mol. The van der Waals surface area contributed by atoms with Gasteiger partial charge in [0.2, 0.25) is 5.91 Å². The van der Waals surface area contributed by atoms with Crippen molar-refractivity contribution in [1.82, 2.24) is 5.32 Å². The van der Waals surface area contributed by atoms with Crippen LogP contribution in [0.2, 0.25) is 0 Å². The second-order valence-electron chi connectivity index (χ2n) is 4.93. The quantitative estimate of drug-likeness (QED) is 0.821. The summed E-state index contributed by atoms with van der Waals surface area (Å²) in [5, 5.41) is 6.35. The van der Waals surface area contributed by atoms with E-state index in [2.05, 4.69) is 17.6 Å². The SMILES string of the molecule is Cc1ccc(NC(=O)C2CCNC(C)C2)cc1. The normalized spacial score (nSPS) is 24.4. The van der Waals surface area contributed by atoms with Crippen molar-refractivity contribution >= 4 is 11.6 Å². The maximum Gasteiger partial charge on any atom is 0.227 e. The Morgan fingerprint density at radius 3 is 2.71 bits per heavy atom. The minimum Gasteiger partial charge on any atom is -0.326 e. The van der Waals surface area contributed by atoms with Crippen LogP contribution in [-0.4, -0.2) is 18.5 Å². The number of aryl methyl sites for hydroxylation is 1. The molecule has 1 aliphatic heterocycles. The third-order valence-electron chi connectivity index (χ3n) is 3.31. The Labute approximate surface area is 103 Å². The van der Waals surface area contributed by atoms with Gasteiger partial charge < -0.3 is 10.6 Å². The zero-order valence-electron chi connectivity index (χ0n) is 10.5.